The maximum absolute atomic E-state index is 12.9. The van der Waals surface area contributed by atoms with Gasteiger partial charge in [-0.25, -0.2) is 4.39 Å². The number of nitrogens with one attached hydrogen (secondary N) is 1. The van der Waals surface area contributed by atoms with Crippen LogP contribution in [0.3, 0.4) is 0 Å². The van der Waals surface area contributed by atoms with Crippen LogP contribution < -0.4 is 5.73 Å². The molecule has 5 heteroatoms. The van der Waals surface area contributed by atoms with Crippen LogP contribution in [0.25, 0.3) is 10.9 Å². The van der Waals surface area contributed by atoms with Gasteiger partial charge in [-0.1, -0.05) is 5.16 Å². The predicted octanol–water partition coefficient (Wildman–Crippen LogP) is 1.40. The van der Waals surface area contributed by atoms with Crippen molar-refractivity contribution in [3.05, 3.63) is 35.8 Å². The Morgan fingerprint density at radius 3 is 3.00 bits per heavy atom. The largest absolute Gasteiger partial charge is 0.409 e. The molecule has 0 aliphatic rings. The van der Waals surface area contributed by atoms with Gasteiger partial charge >= 0.3 is 0 Å². The monoisotopic (exact) mass is 193 g/mol. The molecule has 0 unspecified atom stereocenters. The van der Waals surface area contributed by atoms with Gasteiger partial charge in [0.05, 0.1) is 0 Å². The number of aromatic nitrogens is 1. The minimum Gasteiger partial charge on any atom is -0.409 e. The Bertz CT molecular complexity index is 504. The second-order valence-corrected chi connectivity index (χ2v) is 2.88. The molecule has 4 nitrogen and oxygen atoms in total. The molecule has 0 amide bonds. The second kappa shape index (κ2) is 3.02. The zero-order chi connectivity index (χ0) is 10.1. The number of halogens is 1. The van der Waals surface area contributed by atoms with Crippen LogP contribution in [0.5, 0.6) is 0 Å². The van der Waals surface area contributed by atoms with E-state index in [2.05, 4.69) is 10.1 Å². The van der Waals surface area contributed by atoms with Gasteiger partial charge < -0.3 is 15.9 Å². The highest BCUT2D eigenvalue weighted by Crippen LogP contribution is 2.18. The summed E-state index contributed by atoms with van der Waals surface area (Å²) in [6, 6.07) is 4.27. The Morgan fingerprint density at radius 1 is 1.50 bits per heavy atom. The number of hydrogen-bond donors (Lipinski definition) is 3. The van der Waals surface area contributed by atoms with Crippen molar-refractivity contribution in [3.8, 4) is 0 Å². The Hall–Kier alpha value is -2.04. The first-order chi connectivity index (χ1) is 6.72. The fraction of sp³-hybridized carbons (Fsp3) is 0. The van der Waals surface area contributed by atoms with Crippen molar-refractivity contribution in [1.29, 1.82) is 0 Å². The highest BCUT2D eigenvalue weighted by Gasteiger charge is 2.07. The molecule has 0 spiro atoms. The number of fused-ring (bicyclic) bond motifs is 1. The molecule has 1 heterocycles. The maximum Gasteiger partial charge on any atom is 0.172 e. The number of rotatable bonds is 1. The van der Waals surface area contributed by atoms with Gasteiger partial charge in [-0.3, -0.25) is 0 Å². The summed E-state index contributed by atoms with van der Waals surface area (Å²) in [4.78, 5) is 2.89. The molecular formula is C9H8FN3O. The first-order valence-electron chi connectivity index (χ1n) is 3.97. The van der Waals surface area contributed by atoms with E-state index in [-0.39, 0.29) is 11.7 Å². The van der Waals surface area contributed by atoms with E-state index in [9.17, 15) is 4.39 Å². The van der Waals surface area contributed by atoms with Crippen molar-refractivity contribution in [2.45, 2.75) is 0 Å². The number of hydrogen-bond acceptors (Lipinski definition) is 2. The minimum atomic E-state index is -0.357. The zero-order valence-electron chi connectivity index (χ0n) is 7.16. The molecule has 2 aromatic rings. The average Bonchev–Trinajstić information content (AvgIpc) is 2.59. The number of H-pyrrole nitrogens is 1. The third kappa shape index (κ3) is 1.19. The third-order valence-electron chi connectivity index (χ3n) is 2.03. The smallest absolute Gasteiger partial charge is 0.172 e. The van der Waals surface area contributed by atoms with Gasteiger partial charge in [0.15, 0.2) is 5.84 Å². The Kier molecular flexibility index (Phi) is 1.85. The van der Waals surface area contributed by atoms with Crippen molar-refractivity contribution in [2.24, 2.45) is 10.9 Å². The molecule has 2 rings (SSSR count). The quantitative estimate of drug-likeness (QED) is 0.277. The summed E-state index contributed by atoms with van der Waals surface area (Å²) in [5.41, 5.74) is 6.64. The van der Waals surface area contributed by atoms with E-state index in [1.807, 2.05) is 0 Å². The van der Waals surface area contributed by atoms with Crippen LogP contribution in [-0.4, -0.2) is 16.0 Å². The van der Waals surface area contributed by atoms with E-state index >= 15 is 0 Å². The molecule has 0 aliphatic heterocycles. The van der Waals surface area contributed by atoms with Crippen molar-refractivity contribution in [3.63, 3.8) is 0 Å². The average molecular weight is 193 g/mol. The van der Waals surface area contributed by atoms with Crippen molar-refractivity contribution in [2.75, 3.05) is 0 Å². The lowest BCUT2D eigenvalue weighted by molar-refractivity contribution is 0.318. The predicted molar refractivity (Wildman–Crippen MR) is 50.8 cm³/mol. The van der Waals surface area contributed by atoms with Crippen LogP contribution in [0, 0.1) is 5.82 Å². The molecule has 0 saturated carbocycles. The molecule has 0 bridgehead atoms. The first-order valence-corrected chi connectivity index (χ1v) is 3.97. The van der Waals surface area contributed by atoms with Gasteiger partial charge in [0.1, 0.15) is 5.82 Å². The molecular weight excluding hydrogens is 185 g/mol. The van der Waals surface area contributed by atoms with Crippen LogP contribution in [0.1, 0.15) is 5.56 Å². The second-order valence-electron chi connectivity index (χ2n) is 2.88. The summed E-state index contributed by atoms with van der Waals surface area (Å²) < 4.78 is 12.9. The summed E-state index contributed by atoms with van der Waals surface area (Å²) in [7, 11) is 0. The molecule has 1 aromatic carbocycles. The number of aromatic amines is 1. The van der Waals surface area contributed by atoms with Gasteiger partial charge in [0, 0.05) is 22.7 Å². The molecule has 0 radical (unpaired) electrons. The lowest BCUT2D eigenvalue weighted by Gasteiger charge is -1.95. The SMILES string of the molecule is NC(=NO)c1c[nH]c2ccc(F)cc12. The van der Waals surface area contributed by atoms with E-state index in [4.69, 9.17) is 10.9 Å². The van der Waals surface area contributed by atoms with E-state index in [1.54, 1.807) is 12.3 Å². The van der Waals surface area contributed by atoms with E-state index < -0.39 is 0 Å². The summed E-state index contributed by atoms with van der Waals surface area (Å²) >= 11 is 0. The van der Waals surface area contributed by atoms with Gasteiger partial charge in [0.25, 0.3) is 0 Å². The number of benzene rings is 1. The van der Waals surface area contributed by atoms with Crippen LogP contribution in [0.4, 0.5) is 4.39 Å². The third-order valence-corrected chi connectivity index (χ3v) is 2.03. The molecule has 4 N–H and O–H groups in total. The zero-order valence-corrected chi connectivity index (χ0v) is 7.16. The van der Waals surface area contributed by atoms with Gasteiger partial charge in [-0.15, -0.1) is 0 Å². The number of nitrogens with two attached hydrogens (primary N) is 1. The molecule has 0 saturated heterocycles. The highest BCUT2D eigenvalue weighted by atomic mass is 19.1. The molecule has 72 valence electrons. The molecule has 0 aliphatic carbocycles. The Balaban J connectivity index is 2.73. The van der Waals surface area contributed by atoms with Gasteiger partial charge in [-0.05, 0) is 18.2 Å². The topological polar surface area (TPSA) is 74.4 Å². The minimum absolute atomic E-state index is 0.0400. The maximum atomic E-state index is 12.9. The standard InChI is InChI=1S/C9H8FN3O/c10-5-1-2-8-6(3-5)7(4-12-8)9(11)13-14/h1-4,12,14H,(H2,11,13). The molecule has 0 atom stereocenters. The first kappa shape index (κ1) is 8.55. The molecule has 14 heavy (non-hydrogen) atoms. The number of nitrogens with zero attached hydrogens (tertiary/aromatic N) is 1. The Labute approximate surface area is 78.8 Å². The fourth-order valence-corrected chi connectivity index (χ4v) is 1.36. The number of amidine groups is 1. The van der Waals surface area contributed by atoms with Crippen molar-refractivity contribution in [1.82, 2.24) is 4.98 Å². The van der Waals surface area contributed by atoms with Crippen LogP contribution in [0.15, 0.2) is 29.6 Å². The van der Waals surface area contributed by atoms with E-state index in [0.29, 0.717) is 10.9 Å². The number of oxime groups is 1. The summed E-state index contributed by atoms with van der Waals surface area (Å²) in [5.74, 6) is -0.397. The summed E-state index contributed by atoms with van der Waals surface area (Å²) in [6.45, 7) is 0. The van der Waals surface area contributed by atoms with Crippen molar-refractivity contribution < 1.29 is 9.60 Å². The summed E-state index contributed by atoms with van der Waals surface area (Å²) in [5, 5.41) is 12.0. The van der Waals surface area contributed by atoms with Gasteiger partial charge in [-0.2, -0.15) is 0 Å². The normalized spacial score (nSPS) is 12.2. The van der Waals surface area contributed by atoms with Crippen molar-refractivity contribution >= 4 is 16.7 Å². The van der Waals surface area contributed by atoms with E-state index in [1.165, 1.54) is 12.1 Å². The van der Waals surface area contributed by atoms with Crippen LogP contribution >= 0.6 is 0 Å². The lowest BCUT2D eigenvalue weighted by atomic mass is 10.1. The fourth-order valence-electron chi connectivity index (χ4n) is 1.36. The van der Waals surface area contributed by atoms with Crippen LogP contribution in [-0.2, 0) is 0 Å². The summed E-state index contributed by atoms with van der Waals surface area (Å²) in [6.07, 6.45) is 1.57. The highest BCUT2D eigenvalue weighted by molar-refractivity contribution is 6.08. The molecule has 0 fully saturated rings. The van der Waals surface area contributed by atoms with Crippen LogP contribution in [0.2, 0.25) is 0 Å². The Morgan fingerprint density at radius 2 is 2.29 bits per heavy atom. The molecule has 1 aromatic heterocycles. The van der Waals surface area contributed by atoms with Gasteiger partial charge in [0.2, 0.25) is 0 Å². The van der Waals surface area contributed by atoms with E-state index in [0.717, 1.165) is 5.52 Å². The lowest BCUT2D eigenvalue weighted by Crippen LogP contribution is -2.12.